The van der Waals surface area contributed by atoms with Gasteiger partial charge in [0.1, 0.15) is 11.5 Å². The summed E-state index contributed by atoms with van der Waals surface area (Å²) in [5.41, 5.74) is 0.455. The van der Waals surface area contributed by atoms with Crippen molar-refractivity contribution in [1.82, 2.24) is 5.32 Å². The van der Waals surface area contributed by atoms with E-state index in [1.54, 1.807) is 30.3 Å². The minimum Gasteiger partial charge on any atom is -0.496 e. The molecule has 0 aliphatic rings. The van der Waals surface area contributed by atoms with Gasteiger partial charge in [-0.3, -0.25) is 4.79 Å². The number of aliphatic carboxylic acids is 1. The van der Waals surface area contributed by atoms with Crippen molar-refractivity contribution in [1.29, 1.82) is 0 Å². The summed E-state index contributed by atoms with van der Waals surface area (Å²) in [4.78, 5) is 23.4. The number of rotatable bonds is 7. The first kappa shape index (κ1) is 17.1. The maximum atomic E-state index is 12.0. The Morgan fingerprint density at radius 2 is 2.17 bits per heavy atom. The summed E-state index contributed by atoms with van der Waals surface area (Å²) in [5, 5.41) is 11.9. The molecular formula is C16H16BrNO5. The molecule has 0 saturated carbocycles. The van der Waals surface area contributed by atoms with E-state index in [-0.39, 0.29) is 12.3 Å². The Morgan fingerprint density at radius 3 is 2.74 bits per heavy atom. The smallest absolute Gasteiger partial charge is 0.330 e. The van der Waals surface area contributed by atoms with Gasteiger partial charge in [-0.05, 0) is 45.8 Å². The Bertz CT molecular complexity index is 684. The second-order valence-corrected chi connectivity index (χ2v) is 5.67. The fraction of sp³-hybridized carbons (Fsp3) is 0.250. The second-order valence-electron chi connectivity index (χ2n) is 4.81. The third kappa shape index (κ3) is 4.59. The number of carbonyl (C=O) groups excluding carboxylic acids is 1. The number of ether oxygens (including phenoxy) is 1. The van der Waals surface area contributed by atoms with Crippen LogP contribution in [0.5, 0.6) is 5.75 Å². The van der Waals surface area contributed by atoms with E-state index in [9.17, 15) is 14.7 Å². The molecule has 2 N–H and O–H groups in total. The second kappa shape index (κ2) is 7.82. The van der Waals surface area contributed by atoms with Crippen LogP contribution in [-0.4, -0.2) is 24.1 Å². The number of halogens is 1. The van der Waals surface area contributed by atoms with Crippen molar-refractivity contribution in [2.45, 2.75) is 18.9 Å². The van der Waals surface area contributed by atoms with Crippen molar-refractivity contribution in [3.05, 3.63) is 52.4 Å². The molecule has 1 heterocycles. The molecule has 0 saturated heterocycles. The van der Waals surface area contributed by atoms with E-state index in [1.807, 2.05) is 0 Å². The number of carbonyl (C=O) groups is 2. The van der Waals surface area contributed by atoms with Gasteiger partial charge in [0.15, 0.2) is 6.04 Å². The molecule has 1 aromatic carbocycles. The Kier molecular flexibility index (Phi) is 5.81. The number of aryl methyl sites for hydroxylation is 1. The van der Waals surface area contributed by atoms with Gasteiger partial charge in [-0.2, -0.15) is 0 Å². The molecule has 0 bridgehead atoms. The van der Waals surface area contributed by atoms with Crippen molar-refractivity contribution in [2.24, 2.45) is 0 Å². The van der Waals surface area contributed by atoms with Crippen molar-refractivity contribution in [2.75, 3.05) is 7.11 Å². The molecule has 1 unspecified atom stereocenters. The van der Waals surface area contributed by atoms with E-state index in [2.05, 4.69) is 21.2 Å². The average molecular weight is 382 g/mol. The lowest BCUT2D eigenvalue weighted by atomic mass is 10.1. The molecule has 1 amide bonds. The number of nitrogens with one attached hydrogen (secondary N) is 1. The number of methoxy groups -OCH3 is 1. The average Bonchev–Trinajstić information content (AvgIpc) is 3.03. The van der Waals surface area contributed by atoms with E-state index < -0.39 is 12.0 Å². The van der Waals surface area contributed by atoms with Crippen LogP contribution in [0.2, 0.25) is 0 Å². The summed E-state index contributed by atoms with van der Waals surface area (Å²) in [5.74, 6) is -0.226. The lowest BCUT2D eigenvalue weighted by molar-refractivity contribution is -0.142. The SMILES string of the molecule is COc1ccc(C(NC(=O)CCc2ccco2)C(=O)O)cc1Br. The maximum Gasteiger partial charge on any atom is 0.330 e. The molecule has 7 heteroatoms. The van der Waals surface area contributed by atoms with Gasteiger partial charge < -0.3 is 19.6 Å². The molecule has 0 aliphatic heterocycles. The van der Waals surface area contributed by atoms with Gasteiger partial charge in [0.2, 0.25) is 5.91 Å². The zero-order chi connectivity index (χ0) is 16.8. The zero-order valence-corrected chi connectivity index (χ0v) is 14.0. The van der Waals surface area contributed by atoms with Crippen LogP contribution in [0.4, 0.5) is 0 Å². The van der Waals surface area contributed by atoms with Crippen molar-refractivity contribution in [3.63, 3.8) is 0 Å². The third-order valence-electron chi connectivity index (χ3n) is 3.24. The number of benzene rings is 1. The van der Waals surface area contributed by atoms with Crippen LogP contribution in [0.3, 0.4) is 0 Å². The van der Waals surface area contributed by atoms with Crippen LogP contribution in [0, 0.1) is 0 Å². The minimum atomic E-state index is -1.13. The zero-order valence-electron chi connectivity index (χ0n) is 12.4. The molecule has 2 rings (SSSR count). The van der Waals surface area contributed by atoms with Gasteiger partial charge in [-0.1, -0.05) is 6.07 Å². The minimum absolute atomic E-state index is 0.147. The van der Waals surface area contributed by atoms with Gasteiger partial charge in [0, 0.05) is 12.8 Å². The molecule has 0 radical (unpaired) electrons. The molecule has 23 heavy (non-hydrogen) atoms. The van der Waals surface area contributed by atoms with Crippen LogP contribution in [-0.2, 0) is 16.0 Å². The number of carboxylic acids is 1. The molecule has 2 aromatic rings. The summed E-state index contributed by atoms with van der Waals surface area (Å²) in [7, 11) is 1.52. The molecule has 1 atom stereocenters. The number of amides is 1. The maximum absolute atomic E-state index is 12.0. The Balaban J connectivity index is 2.04. The lowest BCUT2D eigenvalue weighted by Gasteiger charge is -2.16. The van der Waals surface area contributed by atoms with Gasteiger partial charge in [-0.15, -0.1) is 0 Å². The fourth-order valence-corrected chi connectivity index (χ4v) is 2.63. The molecule has 1 aromatic heterocycles. The van der Waals surface area contributed by atoms with Gasteiger partial charge in [-0.25, -0.2) is 4.79 Å². The Morgan fingerprint density at radius 1 is 1.39 bits per heavy atom. The van der Waals surface area contributed by atoms with E-state index in [0.29, 0.717) is 28.0 Å². The fourth-order valence-electron chi connectivity index (χ4n) is 2.07. The standard InChI is InChI=1S/C16H16BrNO5/c1-22-13-6-4-10(9-12(13)17)15(16(20)21)18-14(19)7-5-11-3-2-8-23-11/h2-4,6,8-9,15H,5,7H2,1H3,(H,18,19)(H,20,21). The van der Waals surface area contributed by atoms with Gasteiger partial charge >= 0.3 is 5.97 Å². The van der Waals surface area contributed by atoms with Gasteiger partial charge in [0.05, 0.1) is 17.8 Å². The number of carboxylic acid groups (broad SMARTS) is 1. The molecular weight excluding hydrogens is 366 g/mol. The normalized spacial score (nSPS) is 11.7. The van der Waals surface area contributed by atoms with E-state index in [0.717, 1.165) is 0 Å². The summed E-state index contributed by atoms with van der Waals surface area (Å²) >= 11 is 3.30. The summed E-state index contributed by atoms with van der Waals surface area (Å²) in [6.45, 7) is 0. The first-order chi connectivity index (χ1) is 11.0. The van der Waals surface area contributed by atoms with Crippen molar-refractivity contribution >= 4 is 27.8 Å². The Labute approximate surface area is 141 Å². The summed E-state index contributed by atoms with van der Waals surface area (Å²) in [6.07, 6.45) is 2.09. The third-order valence-corrected chi connectivity index (χ3v) is 3.86. The number of hydrogen-bond donors (Lipinski definition) is 2. The van der Waals surface area contributed by atoms with Crippen LogP contribution in [0.15, 0.2) is 45.5 Å². The predicted molar refractivity (Wildman–Crippen MR) is 86.2 cm³/mol. The quantitative estimate of drug-likeness (QED) is 0.769. The first-order valence-electron chi connectivity index (χ1n) is 6.89. The van der Waals surface area contributed by atoms with Gasteiger partial charge in [0.25, 0.3) is 0 Å². The molecule has 0 aliphatic carbocycles. The number of hydrogen-bond acceptors (Lipinski definition) is 4. The van der Waals surface area contributed by atoms with Crippen molar-refractivity contribution < 1.29 is 23.8 Å². The first-order valence-corrected chi connectivity index (χ1v) is 7.68. The molecule has 0 fully saturated rings. The monoisotopic (exact) mass is 381 g/mol. The highest BCUT2D eigenvalue weighted by Gasteiger charge is 2.23. The molecule has 122 valence electrons. The highest BCUT2D eigenvalue weighted by atomic mass is 79.9. The van der Waals surface area contributed by atoms with Crippen LogP contribution < -0.4 is 10.1 Å². The predicted octanol–water partition coefficient (Wildman–Crippen LogP) is 2.93. The number of furan rings is 1. The largest absolute Gasteiger partial charge is 0.496 e. The lowest BCUT2D eigenvalue weighted by Crippen LogP contribution is -2.33. The highest BCUT2D eigenvalue weighted by Crippen LogP contribution is 2.28. The highest BCUT2D eigenvalue weighted by molar-refractivity contribution is 9.10. The van der Waals surface area contributed by atoms with Crippen LogP contribution >= 0.6 is 15.9 Å². The van der Waals surface area contributed by atoms with E-state index in [4.69, 9.17) is 9.15 Å². The van der Waals surface area contributed by atoms with E-state index >= 15 is 0 Å². The topological polar surface area (TPSA) is 88.8 Å². The summed E-state index contributed by atoms with van der Waals surface area (Å²) in [6, 6.07) is 7.25. The van der Waals surface area contributed by atoms with Crippen molar-refractivity contribution in [3.8, 4) is 5.75 Å². The molecule has 0 spiro atoms. The Hall–Kier alpha value is -2.28. The van der Waals surface area contributed by atoms with Crippen LogP contribution in [0.1, 0.15) is 23.8 Å². The molecule has 6 nitrogen and oxygen atoms in total. The van der Waals surface area contributed by atoms with E-state index in [1.165, 1.54) is 13.4 Å². The summed E-state index contributed by atoms with van der Waals surface area (Å²) < 4.78 is 10.9. The van der Waals surface area contributed by atoms with Crippen LogP contribution in [0.25, 0.3) is 0 Å².